The molecule has 3 unspecified atom stereocenters. The van der Waals surface area contributed by atoms with Gasteiger partial charge in [0.25, 0.3) is 0 Å². The van der Waals surface area contributed by atoms with Crippen molar-refractivity contribution in [2.75, 3.05) is 13.1 Å². The van der Waals surface area contributed by atoms with Gasteiger partial charge in [0, 0.05) is 13.1 Å². The molecule has 3 N–H and O–H groups in total. The first-order valence-electron chi connectivity index (χ1n) is 14.2. The lowest BCUT2D eigenvalue weighted by Crippen LogP contribution is -2.59. The fourth-order valence-corrected chi connectivity index (χ4v) is 5.78. The molecule has 1 fully saturated rings. The van der Waals surface area contributed by atoms with E-state index in [4.69, 9.17) is 10.5 Å². The summed E-state index contributed by atoms with van der Waals surface area (Å²) >= 11 is 0. The van der Waals surface area contributed by atoms with E-state index in [0.717, 1.165) is 24.0 Å². The third-order valence-corrected chi connectivity index (χ3v) is 7.84. The Labute approximate surface area is 247 Å². The number of hydrogen-bond acceptors (Lipinski definition) is 5. The maximum Gasteiger partial charge on any atom is 0.408 e. The van der Waals surface area contributed by atoms with Crippen LogP contribution in [0.15, 0.2) is 78.9 Å². The van der Waals surface area contributed by atoms with Crippen LogP contribution in [0.25, 0.3) is 11.1 Å². The molecule has 1 saturated heterocycles. The molecular formula is C34H38N4O4. The second-order valence-corrected chi connectivity index (χ2v) is 11.7. The summed E-state index contributed by atoms with van der Waals surface area (Å²) in [7, 11) is 0. The number of ether oxygens (including phenoxy) is 1. The fourth-order valence-electron chi connectivity index (χ4n) is 5.78. The van der Waals surface area contributed by atoms with Gasteiger partial charge in [0.15, 0.2) is 0 Å². The van der Waals surface area contributed by atoms with E-state index >= 15 is 0 Å². The molecule has 0 bridgehead atoms. The molecule has 3 aromatic carbocycles. The minimum absolute atomic E-state index is 0.229. The number of nitriles is 1. The summed E-state index contributed by atoms with van der Waals surface area (Å²) in [5.74, 6) is -1.97. The van der Waals surface area contributed by atoms with E-state index in [0.29, 0.717) is 29.8 Å². The summed E-state index contributed by atoms with van der Waals surface area (Å²) in [5.41, 5.74) is 7.10. The average Bonchev–Trinajstić information content (AvgIpc) is 3.51. The summed E-state index contributed by atoms with van der Waals surface area (Å²) < 4.78 is 5.63. The zero-order valence-electron chi connectivity index (χ0n) is 24.6. The number of likely N-dealkylation sites (tertiary alicyclic amines) is 1. The Morgan fingerprint density at radius 1 is 0.905 bits per heavy atom. The van der Waals surface area contributed by atoms with Crippen molar-refractivity contribution < 1.29 is 19.1 Å². The lowest BCUT2D eigenvalue weighted by Gasteiger charge is -2.44. The summed E-state index contributed by atoms with van der Waals surface area (Å²) in [6, 6.07) is 24.8. The number of primary amides is 1. The highest BCUT2D eigenvalue weighted by Gasteiger charge is 2.55. The number of nitrogens with zero attached hydrogens (tertiary/aromatic N) is 2. The van der Waals surface area contributed by atoms with Crippen molar-refractivity contribution in [1.29, 1.82) is 5.26 Å². The maximum atomic E-state index is 14.0. The minimum Gasteiger partial charge on any atom is -0.444 e. The Balaban J connectivity index is 1.93. The second-order valence-electron chi connectivity index (χ2n) is 11.7. The Hall–Kier alpha value is -4.64. The molecule has 3 aromatic rings. The van der Waals surface area contributed by atoms with Crippen molar-refractivity contribution in [3.63, 3.8) is 0 Å². The summed E-state index contributed by atoms with van der Waals surface area (Å²) in [6.07, 6.45) is 0.999. The van der Waals surface area contributed by atoms with Crippen LogP contribution in [0.1, 0.15) is 63.3 Å². The molecule has 4 rings (SSSR count). The van der Waals surface area contributed by atoms with Gasteiger partial charge >= 0.3 is 6.09 Å². The Kier molecular flexibility index (Phi) is 9.01. The molecule has 0 saturated carbocycles. The standard InChI is InChI=1S/C34H38N4O4/c1-23(30(39)38-20-8-9-21-38)34(31(36)40,28-18-12-24(22-35)13-19-28)29(37-32(41)42-33(2,3)4)27-16-14-26(15-17-27)25-10-6-5-7-11-25/h5-7,10-19,23,29H,8-9,20-21H2,1-4H3,(H2,36,40)(H,37,41). The summed E-state index contributed by atoms with van der Waals surface area (Å²) in [6.45, 7) is 8.10. The summed E-state index contributed by atoms with van der Waals surface area (Å²) in [5, 5.41) is 12.4. The normalized spacial score (nSPS) is 16.0. The molecule has 42 heavy (non-hydrogen) atoms. The van der Waals surface area contributed by atoms with Crippen molar-refractivity contribution in [1.82, 2.24) is 10.2 Å². The van der Waals surface area contributed by atoms with Crippen molar-refractivity contribution in [2.24, 2.45) is 11.7 Å². The van der Waals surface area contributed by atoms with Crippen molar-refractivity contribution in [2.45, 2.75) is 57.6 Å². The van der Waals surface area contributed by atoms with E-state index in [1.54, 1.807) is 56.9 Å². The highest BCUT2D eigenvalue weighted by Crippen LogP contribution is 2.45. The molecule has 1 aliphatic heterocycles. The minimum atomic E-state index is -1.72. The van der Waals surface area contributed by atoms with Gasteiger partial charge in [-0.2, -0.15) is 5.26 Å². The molecular weight excluding hydrogens is 528 g/mol. The van der Waals surface area contributed by atoms with E-state index in [1.807, 2.05) is 54.6 Å². The van der Waals surface area contributed by atoms with Gasteiger partial charge in [0.1, 0.15) is 11.0 Å². The zero-order chi connectivity index (χ0) is 30.5. The quantitative estimate of drug-likeness (QED) is 0.374. The van der Waals surface area contributed by atoms with Crippen LogP contribution in [-0.2, 0) is 19.7 Å². The van der Waals surface area contributed by atoms with Crippen LogP contribution < -0.4 is 11.1 Å². The smallest absolute Gasteiger partial charge is 0.408 e. The first-order chi connectivity index (χ1) is 20.0. The number of rotatable bonds is 8. The third kappa shape index (κ3) is 6.31. The highest BCUT2D eigenvalue weighted by molar-refractivity contribution is 5.96. The van der Waals surface area contributed by atoms with Gasteiger partial charge in [0.05, 0.1) is 23.6 Å². The van der Waals surface area contributed by atoms with Gasteiger partial charge < -0.3 is 20.7 Å². The van der Waals surface area contributed by atoms with Gasteiger partial charge in [-0.15, -0.1) is 0 Å². The van der Waals surface area contributed by atoms with E-state index in [2.05, 4.69) is 11.4 Å². The van der Waals surface area contributed by atoms with E-state index < -0.39 is 35.0 Å². The lowest BCUT2D eigenvalue weighted by atomic mass is 9.63. The molecule has 1 aliphatic rings. The monoisotopic (exact) mass is 566 g/mol. The molecule has 1 heterocycles. The van der Waals surface area contributed by atoms with E-state index in [-0.39, 0.29) is 5.91 Å². The van der Waals surface area contributed by atoms with Gasteiger partial charge in [-0.1, -0.05) is 73.7 Å². The molecule has 8 nitrogen and oxygen atoms in total. The molecule has 0 spiro atoms. The number of nitrogens with two attached hydrogens (primary N) is 1. The molecule has 218 valence electrons. The zero-order valence-corrected chi connectivity index (χ0v) is 24.6. The first-order valence-corrected chi connectivity index (χ1v) is 14.2. The van der Waals surface area contributed by atoms with Gasteiger partial charge in [-0.3, -0.25) is 9.59 Å². The van der Waals surface area contributed by atoms with Crippen LogP contribution in [0.5, 0.6) is 0 Å². The number of benzene rings is 3. The number of nitrogens with one attached hydrogen (secondary N) is 1. The Morgan fingerprint density at radius 2 is 1.48 bits per heavy atom. The summed E-state index contributed by atoms with van der Waals surface area (Å²) in [4.78, 5) is 43.0. The maximum absolute atomic E-state index is 14.0. The van der Waals surface area contributed by atoms with E-state index in [9.17, 15) is 19.6 Å². The molecule has 0 aromatic heterocycles. The number of hydrogen-bond donors (Lipinski definition) is 2. The van der Waals surface area contributed by atoms with Crippen LogP contribution in [0, 0.1) is 17.2 Å². The van der Waals surface area contributed by atoms with Gasteiger partial charge in [0.2, 0.25) is 11.8 Å². The van der Waals surface area contributed by atoms with Crippen LogP contribution >= 0.6 is 0 Å². The van der Waals surface area contributed by atoms with E-state index in [1.165, 1.54) is 0 Å². The number of carbonyl (C=O) groups is 3. The first kappa shape index (κ1) is 30.3. The molecule has 0 aliphatic carbocycles. The topological polar surface area (TPSA) is 126 Å². The predicted molar refractivity (Wildman–Crippen MR) is 161 cm³/mol. The van der Waals surface area contributed by atoms with Crippen LogP contribution in [0.3, 0.4) is 0 Å². The molecule has 3 amide bonds. The Morgan fingerprint density at radius 3 is 2.00 bits per heavy atom. The van der Waals surface area contributed by atoms with Crippen molar-refractivity contribution >= 4 is 17.9 Å². The largest absolute Gasteiger partial charge is 0.444 e. The number of carbonyl (C=O) groups excluding carboxylic acids is 3. The number of amides is 3. The van der Waals surface area contributed by atoms with Crippen LogP contribution in [0.4, 0.5) is 4.79 Å². The van der Waals surface area contributed by atoms with Crippen LogP contribution in [-0.4, -0.2) is 41.5 Å². The van der Waals surface area contributed by atoms with Gasteiger partial charge in [-0.25, -0.2) is 4.79 Å². The molecule has 0 radical (unpaired) electrons. The lowest BCUT2D eigenvalue weighted by molar-refractivity contribution is -0.142. The predicted octanol–water partition coefficient (Wildman–Crippen LogP) is 5.47. The van der Waals surface area contributed by atoms with Crippen molar-refractivity contribution in [3.8, 4) is 17.2 Å². The van der Waals surface area contributed by atoms with Gasteiger partial charge in [-0.05, 0) is 68.0 Å². The molecule has 3 atom stereocenters. The third-order valence-electron chi connectivity index (χ3n) is 7.84. The van der Waals surface area contributed by atoms with Crippen LogP contribution in [0.2, 0.25) is 0 Å². The SMILES string of the molecule is CC(C(=O)N1CCCC1)C(C(N)=O)(c1ccc(C#N)cc1)C(NC(=O)OC(C)(C)C)c1ccc(-c2ccccc2)cc1. The molecule has 8 heteroatoms. The fraction of sp³-hybridized carbons (Fsp3) is 0.353. The Bertz CT molecular complexity index is 1450. The van der Waals surface area contributed by atoms with Crippen molar-refractivity contribution in [3.05, 3.63) is 95.6 Å². The average molecular weight is 567 g/mol. The number of alkyl carbamates (subject to hydrolysis) is 1. The highest BCUT2D eigenvalue weighted by atomic mass is 16.6. The second kappa shape index (κ2) is 12.5.